The highest BCUT2D eigenvalue weighted by molar-refractivity contribution is 6.15. The van der Waals surface area contributed by atoms with Crippen molar-refractivity contribution in [2.45, 2.75) is 39.2 Å². The number of aliphatic hydroxyl groups excluding tert-OH is 2. The number of hydrogen-bond donors (Lipinski definition) is 3. The number of fused-ring (bicyclic) bond motifs is 1. The Morgan fingerprint density at radius 1 is 1.33 bits per heavy atom. The summed E-state index contributed by atoms with van der Waals surface area (Å²) in [5.74, 6) is -5.04. The molecule has 1 fully saturated rings. The Labute approximate surface area is 191 Å². The number of carbonyl (C=O) groups excluding carboxylic acids is 3. The summed E-state index contributed by atoms with van der Waals surface area (Å²) in [6, 6.07) is 4.05. The van der Waals surface area contributed by atoms with Crippen LogP contribution in [0.25, 0.3) is 6.08 Å². The lowest BCUT2D eigenvalue weighted by molar-refractivity contribution is -0.137. The second kappa shape index (κ2) is 9.84. The lowest BCUT2D eigenvalue weighted by Crippen LogP contribution is -2.39. The van der Waals surface area contributed by atoms with Crippen LogP contribution < -0.4 is 0 Å². The van der Waals surface area contributed by atoms with Crippen LogP contribution in [-0.4, -0.2) is 57.9 Å². The van der Waals surface area contributed by atoms with E-state index in [9.17, 15) is 34.1 Å². The highest BCUT2D eigenvalue weighted by Gasteiger charge is 2.56. The molecule has 178 valence electrons. The van der Waals surface area contributed by atoms with E-state index in [4.69, 9.17) is 0 Å². The second-order valence-corrected chi connectivity index (χ2v) is 8.60. The molecule has 1 saturated heterocycles. The zero-order chi connectivity index (χ0) is 24.4. The van der Waals surface area contributed by atoms with Crippen LogP contribution in [0.1, 0.15) is 38.7 Å². The van der Waals surface area contributed by atoms with Gasteiger partial charge in [-0.05, 0) is 56.4 Å². The summed E-state index contributed by atoms with van der Waals surface area (Å²) < 4.78 is 18.1. The molecular formula is C24H28FNO7. The fourth-order valence-corrected chi connectivity index (χ4v) is 4.88. The number of ether oxygens (including phenoxy) is 1. The molecular weight excluding hydrogens is 433 g/mol. The molecule has 2 aliphatic rings. The standard InChI is InChI=1S/C24H28FNO7/c1-12(8-14-5-7-18(28)17(25)10-14)4-6-19(29)20-13(2)9-15-21(16(20)11-27)23(31)26(22(15)30)24(32)33-3/h5,7-8,10,15-16,19,21,27-29H,4,6,9,11H2,1-3H3/b12-8+/t15-,16+,19-,21-/m1/s1. The van der Waals surface area contributed by atoms with Gasteiger partial charge in [0.05, 0.1) is 31.7 Å². The number of likely N-dealkylation sites (tertiary alicyclic amines) is 1. The first kappa shape index (κ1) is 24.6. The molecule has 3 N–H and O–H groups in total. The largest absolute Gasteiger partial charge is 0.505 e. The average molecular weight is 461 g/mol. The first-order chi connectivity index (χ1) is 15.6. The molecule has 0 unspecified atom stereocenters. The van der Waals surface area contributed by atoms with Crippen LogP contribution in [0.5, 0.6) is 5.75 Å². The van der Waals surface area contributed by atoms with Crippen LogP contribution in [0.3, 0.4) is 0 Å². The number of nitrogens with zero attached hydrogens (tertiary/aromatic N) is 1. The Morgan fingerprint density at radius 2 is 2.03 bits per heavy atom. The summed E-state index contributed by atoms with van der Waals surface area (Å²) in [7, 11) is 1.08. The highest BCUT2D eigenvalue weighted by atomic mass is 19.1. The van der Waals surface area contributed by atoms with E-state index in [2.05, 4.69) is 4.74 Å². The number of hydrogen-bond acceptors (Lipinski definition) is 7. The Morgan fingerprint density at radius 3 is 2.64 bits per heavy atom. The van der Waals surface area contributed by atoms with Gasteiger partial charge in [-0.15, -0.1) is 0 Å². The Kier molecular flexibility index (Phi) is 7.34. The molecule has 3 rings (SSSR count). The molecule has 3 amide bonds. The van der Waals surface area contributed by atoms with E-state index in [1.165, 1.54) is 12.1 Å². The maximum atomic E-state index is 13.5. The molecule has 8 nitrogen and oxygen atoms in total. The minimum Gasteiger partial charge on any atom is -0.505 e. The molecule has 33 heavy (non-hydrogen) atoms. The van der Waals surface area contributed by atoms with Crippen LogP contribution >= 0.6 is 0 Å². The molecule has 0 saturated carbocycles. The Hall–Kier alpha value is -3.04. The van der Waals surface area contributed by atoms with Crippen molar-refractivity contribution in [2.24, 2.45) is 17.8 Å². The maximum absolute atomic E-state index is 13.5. The zero-order valence-electron chi connectivity index (χ0n) is 18.7. The first-order valence-electron chi connectivity index (χ1n) is 10.7. The van der Waals surface area contributed by atoms with E-state index in [1.54, 1.807) is 19.1 Å². The van der Waals surface area contributed by atoms with Gasteiger partial charge in [-0.2, -0.15) is 4.90 Å². The van der Waals surface area contributed by atoms with E-state index in [0.29, 0.717) is 28.0 Å². The fraction of sp³-hybridized carbons (Fsp3) is 0.458. The number of allylic oxidation sites excluding steroid dienone is 2. The molecule has 9 heteroatoms. The quantitative estimate of drug-likeness (QED) is 0.440. The summed E-state index contributed by atoms with van der Waals surface area (Å²) in [6.07, 6.45) is 0.651. The molecule has 0 radical (unpaired) electrons. The Balaban J connectivity index is 1.77. The predicted molar refractivity (Wildman–Crippen MR) is 116 cm³/mol. The zero-order valence-corrected chi connectivity index (χ0v) is 18.7. The number of aromatic hydroxyl groups is 1. The topological polar surface area (TPSA) is 124 Å². The normalized spacial score (nSPS) is 24.2. The van der Waals surface area contributed by atoms with Crippen LogP contribution in [-0.2, 0) is 14.3 Å². The first-order valence-corrected chi connectivity index (χ1v) is 10.7. The van der Waals surface area contributed by atoms with E-state index in [-0.39, 0.29) is 12.8 Å². The van der Waals surface area contributed by atoms with Gasteiger partial charge in [-0.25, -0.2) is 9.18 Å². The number of benzene rings is 1. The third kappa shape index (κ3) is 4.69. The molecule has 1 aliphatic carbocycles. The minimum absolute atomic E-state index is 0.202. The van der Waals surface area contributed by atoms with Crippen LogP contribution in [0, 0.1) is 23.6 Å². The number of methoxy groups -OCH3 is 1. The maximum Gasteiger partial charge on any atom is 0.423 e. The monoisotopic (exact) mass is 461 g/mol. The number of phenols is 1. The molecule has 0 spiro atoms. The smallest absolute Gasteiger partial charge is 0.423 e. The highest BCUT2D eigenvalue weighted by Crippen LogP contribution is 2.46. The van der Waals surface area contributed by atoms with Crippen molar-refractivity contribution >= 4 is 24.0 Å². The number of amides is 3. The van der Waals surface area contributed by atoms with Gasteiger partial charge in [0.2, 0.25) is 11.8 Å². The van der Waals surface area contributed by atoms with E-state index in [1.807, 2.05) is 6.92 Å². The van der Waals surface area contributed by atoms with Gasteiger partial charge in [-0.3, -0.25) is 9.59 Å². The van der Waals surface area contributed by atoms with Crippen molar-refractivity contribution < 1.29 is 38.8 Å². The van der Waals surface area contributed by atoms with Crippen molar-refractivity contribution in [2.75, 3.05) is 13.7 Å². The summed E-state index contributed by atoms with van der Waals surface area (Å²) in [5.41, 5.74) is 2.64. The van der Waals surface area contributed by atoms with Gasteiger partial charge in [-0.1, -0.05) is 23.3 Å². The second-order valence-electron chi connectivity index (χ2n) is 8.60. The fourth-order valence-electron chi connectivity index (χ4n) is 4.88. The Bertz CT molecular complexity index is 1030. The number of halogens is 1. The number of carbonyl (C=O) groups is 3. The van der Waals surface area contributed by atoms with E-state index in [0.717, 1.165) is 12.7 Å². The van der Waals surface area contributed by atoms with Crippen LogP contribution in [0.2, 0.25) is 0 Å². The van der Waals surface area contributed by atoms with Gasteiger partial charge < -0.3 is 20.1 Å². The molecule has 1 heterocycles. The molecule has 1 aromatic rings. The SMILES string of the molecule is COC(=O)N1C(=O)[C@@H]2[C@@H](CC(C)=C([C@H](O)CC/C(C)=C/c3ccc(O)c(F)c3)[C@@H]2CO)C1=O. The predicted octanol–water partition coefficient (Wildman–Crippen LogP) is 2.77. The van der Waals surface area contributed by atoms with Crippen LogP contribution in [0.15, 0.2) is 34.9 Å². The van der Waals surface area contributed by atoms with Crippen molar-refractivity contribution in [1.82, 2.24) is 4.90 Å². The summed E-state index contributed by atoms with van der Waals surface area (Å²) in [4.78, 5) is 37.9. The van der Waals surface area contributed by atoms with Gasteiger partial charge in [0.25, 0.3) is 0 Å². The van der Waals surface area contributed by atoms with Gasteiger partial charge in [0, 0.05) is 5.92 Å². The molecule has 4 atom stereocenters. The summed E-state index contributed by atoms with van der Waals surface area (Å²) in [5, 5.41) is 30.3. The number of aliphatic hydroxyl groups is 2. The molecule has 0 aromatic heterocycles. The van der Waals surface area contributed by atoms with Crippen molar-refractivity contribution in [3.63, 3.8) is 0 Å². The van der Waals surface area contributed by atoms with Gasteiger partial charge >= 0.3 is 6.09 Å². The molecule has 1 aliphatic heterocycles. The van der Waals surface area contributed by atoms with Gasteiger partial charge in [0.15, 0.2) is 11.6 Å². The lowest BCUT2D eigenvalue weighted by atomic mass is 9.68. The number of rotatable bonds is 6. The average Bonchev–Trinajstić information content (AvgIpc) is 3.02. The minimum atomic E-state index is -1.05. The van der Waals surface area contributed by atoms with Crippen LogP contribution in [0.4, 0.5) is 9.18 Å². The lowest BCUT2D eigenvalue weighted by Gasteiger charge is -2.35. The van der Waals surface area contributed by atoms with E-state index < -0.39 is 59.9 Å². The number of phenolic OH excluding ortho intramolecular Hbond substituents is 1. The third-order valence-electron chi connectivity index (χ3n) is 6.44. The van der Waals surface area contributed by atoms with Crippen molar-refractivity contribution in [1.29, 1.82) is 0 Å². The summed E-state index contributed by atoms with van der Waals surface area (Å²) >= 11 is 0. The van der Waals surface area contributed by atoms with Crippen molar-refractivity contribution in [3.8, 4) is 5.75 Å². The van der Waals surface area contributed by atoms with E-state index >= 15 is 0 Å². The molecule has 0 bridgehead atoms. The molecule has 1 aromatic carbocycles. The number of imide groups is 3. The van der Waals surface area contributed by atoms with Gasteiger partial charge in [0.1, 0.15) is 0 Å². The third-order valence-corrected chi connectivity index (χ3v) is 6.44. The van der Waals surface area contributed by atoms with Crippen molar-refractivity contribution in [3.05, 3.63) is 46.3 Å². The summed E-state index contributed by atoms with van der Waals surface area (Å²) in [6.45, 7) is 3.12.